The fraction of sp³-hybridized carbons (Fsp3) is 0.318. The van der Waals surface area contributed by atoms with Crippen molar-refractivity contribution in [2.24, 2.45) is 0 Å². The molecule has 0 aliphatic carbocycles. The molecule has 1 amide bonds. The van der Waals surface area contributed by atoms with E-state index < -0.39 is 6.10 Å². The van der Waals surface area contributed by atoms with E-state index in [1.54, 1.807) is 6.92 Å². The number of rotatable bonds is 6. The van der Waals surface area contributed by atoms with Gasteiger partial charge in [-0.15, -0.1) is 0 Å². The number of halogens is 1. The topological polar surface area (TPSA) is 32.8 Å². The van der Waals surface area contributed by atoms with Gasteiger partial charge < -0.3 is 9.64 Å². The van der Waals surface area contributed by atoms with Gasteiger partial charge in [0.05, 0.1) is 0 Å². The lowest BCUT2D eigenvalue weighted by molar-refractivity contribution is -0.139. The van der Waals surface area contributed by atoms with Gasteiger partial charge in [-0.05, 0) is 36.8 Å². The van der Waals surface area contributed by atoms with Gasteiger partial charge in [-0.2, -0.15) is 0 Å². The van der Waals surface area contributed by atoms with Crippen LogP contribution < -0.4 is 4.74 Å². The van der Waals surface area contributed by atoms with Crippen molar-refractivity contribution >= 4 is 12.0 Å². The van der Waals surface area contributed by atoms with Crippen LogP contribution in [0.25, 0.3) is 6.08 Å². The first-order valence-corrected chi connectivity index (χ1v) is 9.27. The van der Waals surface area contributed by atoms with E-state index in [0.29, 0.717) is 18.8 Å². The Morgan fingerprint density at radius 3 is 2.41 bits per heavy atom. The monoisotopic (exact) mass is 368 g/mol. The summed E-state index contributed by atoms with van der Waals surface area (Å²) in [4.78, 5) is 16.7. The summed E-state index contributed by atoms with van der Waals surface area (Å²) in [5, 5.41) is 0. The molecule has 5 heteroatoms. The summed E-state index contributed by atoms with van der Waals surface area (Å²) in [5.74, 6) is 0.152. The molecule has 4 nitrogen and oxygen atoms in total. The standard InChI is InChI=1S/C22H25FN2O2/c1-18(27-21-11-9-20(23)10-12-21)22(26)25-16-14-24(15-17-25)13-5-8-19-6-3-2-4-7-19/h2-12,18H,13-17H2,1H3. The fourth-order valence-electron chi connectivity index (χ4n) is 3.08. The van der Waals surface area contributed by atoms with Gasteiger partial charge in [0.2, 0.25) is 0 Å². The first kappa shape index (κ1) is 19.1. The number of piperazine rings is 1. The van der Waals surface area contributed by atoms with E-state index in [1.807, 2.05) is 23.1 Å². The zero-order chi connectivity index (χ0) is 19.1. The highest BCUT2D eigenvalue weighted by atomic mass is 19.1. The number of benzene rings is 2. The van der Waals surface area contributed by atoms with E-state index in [9.17, 15) is 9.18 Å². The molecule has 0 spiro atoms. The summed E-state index contributed by atoms with van der Waals surface area (Å²) in [5.41, 5.74) is 1.19. The number of ether oxygens (including phenoxy) is 1. The Kier molecular flexibility index (Phi) is 6.60. The summed E-state index contributed by atoms with van der Waals surface area (Å²) in [6.45, 7) is 5.67. The van der Waals surface area contributed by atoms with Crippen LogP contribution in [0.4, 0.5) is 4.39 Å². The Bertz CT molecular complexity index is 754. The number of carbonyl (C=O) groups is 1. The third-order valence-electron chi connectivity index (χ3n) is 4.63. The fourth-order valence-corrected chi connectivity index (χ4v) is 3.08. The lowest BCUT2D eigenvalue weighted by atomic mass is 10.2. The number of carbonyl (C=O) groups excluding carboxylic acids is 1. The Morgan fingerprint density at radius 1 is 1.07 bits per heavy atom. The summed E-state index contributed by atoms with van der Waals surface area (Å²) < 4.78 is 18.6. The predicted octanol–water partition coefficient (Wildman–Crippen LogP) is 3.45. The van der Waals surface area contributed by atoms with Crippen LogP contribution in [0.3, 0.4) is 0 Å². The first-order valence-electron chi connectivity index (χ1n) is 9.27. The first-order chi connectivity index (χ1) is 13.1. The van der Waals surface area contributed by atoms with Crippen LogP contribution in [0, 0.1) is 5.82 Å². The quantitative estimate of drug-likeness (QED) is 0.783. The lowest BCUT2D eigenvalue weighted by Crippen LogP contribution is -2.51. The summed E-state index contributed by atoms with van der Waals surface area (Å²) in [6.07, 6.45) is 3.70. The third-order valence-corrected chi connectivity index (χ3v) is 4.63. The molecule has 0 N–H and O–H groups in total. The summed E-state index contributed by atoms with van der Waals surface area (Å²) in [6, 6.07) is 16.0. The van der Waals surface area contributed by atoms with E-state index in [-0.39, 0.29) is 11.7 Å². The van der Waals surface area contributed by atoms with E-state index >= 15 is 0 Å². The van der Waals surface area contributed by atoms with Crippen LogP contribution in [-0.2, 0) is 4.79 Å². The highest BCUT2D eigenvalue weighted by molar-refractivity contribution is 5.81. The molecular formula is C22H25FN2O2. The van der Waals surface area contributed by atoms with E-state index in [1.165, 1.54) is 29.8 Å². The van der Waals surface area contributed by atoms with Crippen molar-refractivity contribution < 1.29 is 13.9 Å². The molecule has 1 aliphatic heterocycles. The van der Waals surface area contributed by atoms with Crippen molar-refractivity contribution in [1.82, 2.24) is 9.80 Å². The highest BCUT2D eigenvalue weighted by Gasteiger charge is 2.25. The average molecular weight is 368 g/mol. The van der Waals surface area contributed by atoms with Gasteiger partial charge in [-0.25, -0.2) is 4.39 Å². The van der Waals surface area contributed by atoms with Gasteiger partial charge in [-0.3, -0.25) is 9.69 Å². The smallest absolute Gasteiger partial charge is 0.263 e. The molecule has 2 aromatic rings. The number of nitrogens with zero attached hydrogens (tertiary/aromatic N) is 2. The van der Waals surface area contributed by atoms with Crippen molar-refractivity contribution in [2.75, 3.05) is 32.7 Å². The van der Waals surface area contributed by atoms with Gasteiger partial charge >= 0.3 is 0 Å². The minimum Gasteiger partial charge on any atom is -0.481 e. The maximum atomic E-state index is 13.0. The van der Waals surface area contributed by atoms with Crippen LogP contribution in [0.1, 0.15) is 12.5 Å². The van der Waals surface area contributed by atoms with Gasteiger partial charge in [0, 0.05) is 32.7 Å². The molecule has 0 aromatic heterocycles. The van der Waals surface area contributed by atoms with Crippen LogP contribution in [0.5, 0.6) is 5.75 Å². The number of hydrogen-bond acceptors (Lipinski definition) is 3. The lowest BCUT2D eigenvalue weighted by Gasteiger charge is -2.35. The molecule has 0 saturated carbocycles. The average Bonchev–Trinajstić information content (AvgIpc) is 2.70. The maximum absolute atomic E-state index is 13.0. The minimum atomic E-state index is -0.583. The maximum Gasteiger partial charge on any atom is 0.263 e. The van der Waals surface area contributed by atoms with E-state index in [4.69, 9.17) is 4.74 Å². The van der Waals surface area contributed by atoms with Crippen LogP contribution >= 0.6 is 0 Å². The molecule has 27 heavy (non-hydrogen) atoms. The molecule has 1 heterocycles. The molecule has 2 aromatic carbocycles. The van der Waals surface area contributed by atoms with Gasteiger partial charge in [0.25, 0.3) is 5.91 Å². The second kappa shape index (κ2) is 9.33. The van der Waals surface area contributed by atoms with Crippen molar-refractivity contribution in [3.05, 3.63) is 72.1 Å². The SMILES string of the molecule is CC(Oc1ccc(F)cc1)C(=O)N1CCN(CC=Cc2ccccc2)CC1. The molecular weight excluding hydrogens is 343 g/mol. The van der Waals surface area contributed by atoms with Crippen LogP contribution in [0.2, 0.25) is 0 Å². The Hall–Kier alpha value is -2.66. The molecule has 3 rings (SSSR count). The number of amides is 1. The van der Waals surface area contributed by atoms with Crippen molar-refractivity contribution in [1.29, 1.82) is 0 Å². The predicted molar refractivity (Wildman–Crippen MR) is 105 cm³/mol. The van der Waals surface area contributed by atoms with Crippen LogP contribution in [0.15, 0.2) is 60.7 Å². The van der Waals surface area contributed by atoms with Crippen molar-refractivity contribution in [2.45, 2.75) is 13.0 Å². The van der Waals surface area contributed by atoms with Gasteiger partial charge in [-0.1, -0.05) is 42.5 Å². The van der Waals surface area contributed by atoms with Gasteiger partial charge in [0.15, 0.2) is 6.10 Å². The molecule has 1 saturated heterocycles. The second-order valence-electron chi connectivity index (χ2n) is 6.65. The molecule has 142 valence electrons. The third kappa shape index (κ3) is 5.66. The zero-order valence-electron chi connectivity index (χ0n) is 15.6. The highest BCUT2D eigenvalue weighted by Crippen LogP contribution is 2.15. The van der Waals surface area contributed by atoms with E-state index in [2.05, 4.69) is 29.2 Å². The number of hydrogen-bond donors (Lipinski definition) is 0. The Labute approximate surface area is 159 Å². The normalized spacial score (nSPS) is 16.4. The Morgan fingerprint density at radius 2 is 1.74 bits per heavy atom. The largest absolute Gasteiger partial charge is 0.481 e. The van der Waals surface area contributed by atoms with Crippen molar-refractivity contribution in [3.8, 4) is 5.75 Å². The molecule has 1 fully saturated rings. The molecule has 1 unspecified atom stereocenters. The zero-order valence-corrected chi connectivity index (χ0v) is 15.6. The molecule has 1 aliphatic rings. The Balaban J connectivity index is 1.43. The minimum absolute atomic E-state index is 0.0289. The molecule has 1 atom stereocenters. The van der Waals surface area contributed by atoms with E-state index in [0.717, 1.165) is 19.6 Å². The molecule has 0 radical (unpaired) electrons. The van der Waals surface area contributed by atoms with Crippen molar-refractivity contribution in [3.63, 3.8) is 0 Å². The van der Waals surface area contributed by atoms with Gasteiger partial charge in [0.1, 0.15) is 11.6 Å². The second-order valence-corrected chi connectivity index (χ2v) is 6.65. The van der Waals surface area contributed by atoms with Crippen LogP contribution in [-0.4, -0.2) is 54.5 Å². The molecule has 0 bridgehead atoms. The summed E-state index contributed by atoms with van der Waals surface area (Å²) >= 11 is 0. The summed E-state index contributed by atoms with van der Waals surface area (Å²) in [7, 11) is 0.